The number of ether oxygens (including phenoxy) is 3. The van der Waals surface area contributed by atoms with Crippen molar-refractivity contribution in [2.75, 3.05) is 38.2 Å². The predicted molar refractivity (Wildman–Crippen MR) is 398 cm³/mol. The number of nitrogens with one attached hydrogen (secondary N) is 3. The molecule has 0 bridgehead atoms. The number of hydrogen-bond acceptors (Lipinski definition) is 23. The molecule has 0 aromatic heterocycles. The highest BCUT2D eigenvalue weighted by molar-refractivity contribution is 7.89. The van der Waals surface area contributed by atoms with E-state index >= 15 is 0 Å². The Morgan fingerprint density at radius 2 is 0.752 bits per heavy atom. The minimum atomic E-state index is -6.35. The van der Waals surface area contributed by atoms with Crippen LogP contribution in [0, 0.1) is 23.3 Å². The number of ketones is 2. The fourth-order valence-corrected chi connectivity index (χ4v) is 12.1. The molecular formula is C75H69F16N3O23S4. The van der Waals surface area contributed by atoms with E-state index in [-0.39, 0.29) is 33.6 Å². The molecule has 658 valence electrons. The number of amides is 3. The number of hydrogen-bond donors (Lipinski definition) is 3. The van der Waals surface area contributed by atoms with Gasteiger partial charge in [0.2, 0.25) is 23.8 Å². The Hall–Kier alpha value is -11.6. The van der Waals surface area contributed by atoms with Crippen molar-refractivity contribution in [3.8, 4) is 0 Å². The smallest absolute Gasteiger partial charge is 0.447 e. The summed E-state index contributed by atoms with van der Waals surface area (Å²) in [5.41, 5.74) is -1.52. The molecule has 6 aromatic rings. The van der Waals surface area contributed by atoms with E-state index in [4.69, 9.17) is 0 Å². The number of alkyl halides is 12. The second-order valence-corrected chi connectivity index (χ2v) is 30.6. The first kappa shape index (κ1) is 104. The molecule has 3 N–H and O–H groups in total. The van der Waals surface area contributed by atoms with E-state index in [9.17, 15) is 142 Å². The summed E-state index contributed by atoms with van der Waals surface area (Å²) >= 11 is 0. The van der Waals surface area contributed by atoms with E-state index in [1.54, 1.807) is 71.3 Å². The van der Waals surface area contributed by atoms with Gasteiger partial charge in [0.1, 0.15) is 18.8 Å². The molecule has 0 fully saturated rings. The molecule has 4 unspecified atom stereocenters. The van der Waals surface area contributed by atoms with Crippen LogP contribution in [0.4, 0.5) is 75.9 Å². The number of halogens is 16. The van der Waals surface area contributed by atoms with Crippen LogP contribution in [0.1, 0.15) is 82.4 Å². The highest BCUT2D eigenvalue weighted by Crippen LogP contribution is 2.37. The number of benzene rings is 6. The number of carbonyl (C=O) groups excluding carboxylic acids is 8. The maximum atomic E-state index is 14.5. The number of carbonyl (C=O) groups is 8. The summed E-state index contributed by atoms with van der Waals surface area (Å²) in [5.74, 6) is -23.7. The van der Waals surface area contributed by atoms with Crippen molar-refractivity contribution in [3.63, 3.8) is 0 Å². The van der Waals surface area contributed by atoms with Gasteiger partial charge in [0.15, 0.2) is 34.8 Å². The van der Waals surface area contributed by atoms with Crippen molar-refractivity contribution in [3.05, 3.63) is 258 Å². The summed E-state index contributed by atoms with van der Waals surface area (Å²) in [6.45, 7) is 22.4. The second-order valence-electron chi connectivity index (χ2n) is 24.2. The molecular weight excluding hydrogens is 1740 g/mol. The fourth-order valence-electron chi connectivity index (χ4n) is 8.33. The van der Waals surface area contributed by atoms with E-state index in [2.05, 4.69) is 70.4 Å². The Bertz CT molecular complexity index is 5290. The summed E-state index contributed by atoms with van der Waals surface area (Å²) in [4.78, 5) is 90.4. The Kier molecular flexibility index (Phi) is 37.3. The molecule has 121 heavy (non-hydrogen) atoms. The SMILES string of the molecule is C=C(C)C(=O)OCC(F)(F)S(=O)(=O)OC(C(=O)c1ccccc1)C(F)(F)F.C=C(C)C(=O)OCCNC(=O)C(F)(F)S(=O)(=O)OC(C)C(=C)c1ccccc1.C=C(C)C(=O)OCCNC(=O)c1c(F)c(F)c(S(=O)(=O)OC(C(=O)c2ccccc2)C(F)(F)F)c(F)c1F.C=Cc1ccc(NC(=O)C(F)(F)S(=O)(=O)OC(C)C(=C)c2ccccc2)cc1. The van der Waals surface area contributed by atoms with Gasteiger partial charge in [-0.2, -0.15) is 86.4 Å². The van der Waals surface area contributed by atoms with Gasteiger partial charge in [-0.25, -0.2) is 40.3 Å². The zero-order valence-corrected chi connectivity index (χ0v) is 66.4. The number of rotatable bonds is 36. The van der Waals surface area contributed by atoms with Crippen LogP contribution in [0.2, 0.25) is 0 Å². The van der Waals surface area contributed by atoms with Crippen molar-refractivity contribution in [2.24, 2.45) is 0 Å². The third-order valence-electron chi connectivity index (χ3n) is 14.7. The van der Waals surface area contributed by atoms with Crippen LogP contribution in [0.25, 0.3) is 17.2 Å². The molecule has 3 amide bonds. The maximum Gasteiger partial charge on any atom is 0.447 e. The molecule has 0 saturated heterocycles. The Morgan fingerprint density at radius 3 is 1.10 bits per heavy atom. The van der Waals surface area contributed by atoms with Crippen molar-refractivity contribution < 1.29 is 173 Å². The number of Topliss-reactive ketones (excluding diaryl/α,β-unsaturated/α-hetero) is 2. The van der Waals surface area contributed by atoms with Gasteiger partial charge < -0.3 is 30.2 Å². The first-order valence-corrected chi connectivity index (χ1v) is 38.9. The van der Waals surface area contributed by atoms with Crippen LogP contribution in [-0.4, -0.2) is 166 Å². The summed E-state index contributed by atoms with van der Waals surface area (Å²) in [6, 6.07) is 33.2. The fraction of sp³-hybridized carbons (Fsp3) is 0.253. The van der Waals surface area contributed by atoms with Gasteiger partial charge >= 0.3 is 98.3 Å². The van der Waals surface area contributed by atoms with Gasteiger partial charge in [0.25, 0.3) is 5.91 Å². The Balaban J connectivity index is 0.000000421. The molecule has 0 aliphatic rings. The van der Waals surface area contributed by atoms with Crippen molar-refractivity contribution in [1.29, 1.82) is 0 Å². The van der Waals surface area contributed by atoms with Gasteiger partial charge in [-0.1, -0.05) is 179 Å². The molecule has 0 saturated carbocycles. The molecule has 0 spiro atoms. The van der Waals surface area contributed by atoms with Crippen LogP contribution in [0.3, 0.4) is 0 Å². The van der Waals surface area contributed by atoms with Crippen LogP contribution in [0.5, 0.6) is 0 Å². The minimum absolute atomic E-state index is 0.00668. The Morgan fingerprint density at radius 1 is 0.421 bits per heavy atom. The first-order chi connectivity index (χ1) is 55.7. The Labute approximate surface area is 680 Å². The minimum Gasteiger partial charge on any atom is -0.460 e. The van der Waals surface area contributed by atoms with Crippen LogP contribution >= 0.6 is 0 Å². The lowest BCUT2D eigenvalue weighted by Crippen LogP contribution is -2.48. The molecule has 0 radical (unpaired) electrons. The molecule has 0 heterocycles. The summed E-state index contributed by atoms with van der Waals surface area (Å²) in [7, 11) is -23.8. The van der Waals surface area contributed by atoms with Crippen LogP contribution in [0.15, 0.2) is 207 Å². The highest BCUT2D eigenvalue weighted by atomic mass is 32.2. The normalized spacial score (nSPS) is 12.9. The molecule has 46 heteroatoms. The molecule has 4 atom stereocenters. The van der Waals surface area contributed by atoms with E-state index < -0.39 is 218 Å². The standard InChI is InChI=1S/C22H16F7NO7S.C20H19F2NO4S.C18H21F2NO6S.C15H13F5O6S/c1-10(2)21(33)36-9-8-30-20(32)12-13(23)15(25)18(16(26)14(12)24)38(34,35)37-19(22(27,28)29)17(31)11-6-4-3-5-7-11;1-4-16-10-12-18(13-11-16)23-19(24)20(21,22)28(25,26)27-15(3)14(2)17-8-6-5-7-9-17;1-12(2)16(22)26-11-10-21-17(23)18(19,20)28(24,25)27-14(4)13(3)15-8-6-5-7-9-15;1-9(2)13(22)25-8-14(16,17)27(23,24)26-12(15(18,19)20)11(21)10-6-4-3-5-7-10/h3-7,19H,1,8-9H2,2H3,(H,30,32);4-13,15H,1-2H2,3H3,(H,23,24);5-9,14H,1,3,10-11H2,2,4H3,(H,21,23);3-7,12H,1,8H2,2H3. The lowest BCUT2D eigenvalue weighted by atomic mass is 10.0. The zero-order valence-electron chi connectivity index (χ0n) is 63.1. The van der Waals surface area contributed by atoms with E-state index in [0.717, 1.165) is 43.3 Å². The topological polar surface area (TPSA) is 374 Å². The third kappa shape index (κ3) is 29.1. The molecule has 26 nitrogen and oxygen atoms in total. The summed E-state index contributed by atoms with van der Waals surface area (Å²) < 4.78 is 347. The van der Waals surface area contributed by atoms with Crippen LogP contribution < -0.4 is 16.0 Å². The largest absolute Gasteiger partial charge is 0.460 e. The number of anilines is 1. The maximum absolute atomic E-state index is 14.5. The zero-order chi connectivity index (χ0) is 92.5. The van der Waals surface area contributed by atoms with Crippen molar-refractivity contribution in [2.45, 2.75) is 92.0 Å². The lowest BCUT2D eigenvalue weighted by Gasteiger charge is -2.22. The second kappa shape index (κ2) is 43.6. The summed E-state index contributed by atoms with van der Waals surface area (Å²) in [5, 5.41) is -9.40. The van der Waals surface area contributed by atoms with Gasteiger partial charge in [-0.05, 0) is 74.6 Å². The first-order valence-electron chi connectivity index (χ1n) is 33.3. The third-order valence-corrected chi connectivity index (χ3v) is 20.0. The van der Waals surface area contributed by atoms with Gasteiger partial charge in [0, 0.05) is 33.5 Å². The quantitative estimate of drug-likeness (QED) is 0.00480. The van der Waals surface area contributed by atoms with Gasteiger partial charge in [0.05, 0.1) is 25.3 Å². The van der Waals surface area contributed by atoms with Gasteiger partial charge in [-0.3, -0.25) is 32.3 Å². The lowest BCUT2D eigenvalue weighted by molar-refractivity contribution is -0.180. The molecule has 0 aliphatic heterocycles. The molecule has 6 aromatic carbocycles. The van der Waals surface area contributed by atoms with Crippen molar-refractivity contribution >= 4 is 111 Å². The predicted octanol–water partition coefficient (Wildman–Crippen LogP) is 13.0. The molecule has 0 aliphatic carbocycles. The van der Waals surface area contributed by atoms with E-state index in [1.807, 2.05) is 5.32 Å². The van der Waals surface area contributed by atoms with E-state index in [1.165, 1.54) is 82.3 Å². The molecule has 6 rings (SSSR count). The average Bonchev–Trinajstić information content (AvgIpc) is 0.756. The van der Waals surface area contributed by atoms with Crippen molar-refractivity contribution in [1.82, 2.24) is 10.6 Å². The van der Waals surface area contributed by atoms with E-state index in [0.29, 0.717) is 16.7 Å². The summed E-state index contributed by atoms with van der Waals surface area (Å²) in [6.07, 6.45) is -20.0. The monoisotopic (exact) mass is 1810 g/mol. The van der Waals surface area contributed by atoms with Crippen LogP contribution in [-0.2, 0) is 95.4 Å². The highest BCUT2D eigenvalue weighted by Gasteiger charge is 2.58. The van der Waals surface area contributed by atoms with Gasteiger partial charge in [-0.15, -0.1) is 0 Å². The number of esters is 3. The average molecular weight is 1810 g/mol.